The first-order valence-electron chi connectivity index (χ1n) is 13.1. The number of esters is 1. The fourth-order valence-corrected chi connectivity index (χ4v) is 5.14. The van der Waals surface area contributed by atoms with Gasteiger partial charge in [0.15, 0.2) is 6.61 Å². The molecule has 0 saturated carbocycles. The Morgan fingerprint density at radius 1 is 0.951 bits per heavy atom. The molecule has 0 aliphatic carbocycles. The largest absolute Gasteiger partial charge is 0.484 e. The van der Waals surface area contributed by atoms with E-state index in [9.17, 15) is 14.4 Å². The summed E-state index contributed by atoms with van der Waals surface area (Å²) in [5.74, 6) is -0.0435. The summed E-state index contributed by atoms with van der Waals surface area (Å²) in [6.07, 6.45) is 2.16. The first-order chi connectivity index (χ1) is 20.0. The highest BCUT2D eigenvalue weighted by Gasteiger charge is 2.23. The van der Waals surface area contributed by atoms with Crippen molar-refractivity contribution in [3.63, 3.8) is 0 Å². The smallest absolute Gasteiger partial charge is 0.341 e. The lowest BCUT2D eigenvalue weighted by atomic mass is 10.0. The molecule has 8 nitrogen and oxygen atoms in total. The van der Waals surface area contributed by atoms with Crippen LogP contribution in [0, 0.1) is 0 Å². The van der Waals surface area contributed by atoms with Crippen molar-refractivity contribution in [2.45, 2.75) is 20.3 Å². The average molecular weight is 570 g/mol. The van der Waals surface area contributed by atoms with E-state index in [1.807, 2.05) is 47.8 Å². The molecule has 2 aromatic heterocycles. The lowest BCUT2D eigenvalue weighted by Crippen LogP contribution is -2.21. The summed E-state index contributed by atoms with van der Waals surface area (Å²) in [5, 5.41) is 5.25. The summed E-state index contributed by atoms with van der Waals surface area (Å²) >= 11 is 1.23. The molecule has 3 aromatic carbocycles. The van der Waals surface area contributed by atoms with Crippen LogP contribution in [0.1, 0.15) is 29.8 Å². The van der Waals surface area contributed by atoms with Gasteiger partial charge in [0.1, 0.15) is 33.9 Å². The molecule has 1 N–H and O–H groups in total. The Morgan fingerprint density at radius 3 is 2.44 bits per heavy atom. The molecule has 9 heteroatoms. The van der Waals surface area contributed by atoms with Gasteiger partial charge in [-0.3, -0.25) is 9.59 Å². The van der Waals surface area contributed by atoms with Crippen molar-refractivity contribution in [1.29, 1.82) is 0 Å². The molecule has 5 rings (SSSR count). The minimum atomic E-state index is -0.519. The molecule has 0 spiro atoms. The summed E-state index contributed by atoms with van der Waals surface area (Å²) in [6, 6.07) is 21.6. The number of rotatable bonds is 10. The number of amides is 1. The van der Waals surface area contributed by atoms with Crippen LogP contribution in [0.4, 0.5) is 5.00 Å². The monoisotopic (exact) mass is 569 g/mol. The number of fused-ring (bicyclic) bond motifs is 1. The van der Waals surface area contributed by atoms with Crippen molar-refractivity contribution in [3.8, 4) is 28.4 Å². The van der Waals surface area contributed by atoms with Gasteiger partial charge in [0.2, 0.25) is 11.2 Å². The maximum absolute atomic E-state index is 12.9. The van der Waals surface area contributed by atoms with Crippen LogP contribution in [-0.2, 0) is 16.0 Å². The van der Waals surface area contributed by atoms with Gasteiger partial charge >= 0.3 is 5.97 Å². The Kier molecular flexibility index (Phi) is 8.45. The van der Waals surface area contributed by atoms with Gasteiger partial charge in [0.25, 0.3) is 5.91 Å². The fourth-order valence-electron chi connectivity index (χ4n) is 4.17. The molecular weight excluding hydrogens is 542 g/mol. The standard InChI is InChI=1S/C32H27NO7S/c1-3-20-10-12-22(13-11-20)40-27-17-39-26-16-23(14-15-24(26)30(27)35)38-18-28(34)33-31-29(32(36)37-4-2)25(19-41-31)21-8-6-5-7-9-21/h5-17,19H,3-4,18H2,1-2H3,(H,33,34). The lowest BCUT2D eigenvalue weighted by Gasteiger charge is -2.10. The van der Waals surface area contributed by atoms with E-state index in [0.717, 1.165) is 17.5 Å². The molecule has 208 valence electrons. The van der Waals surface area contributed by atoms with E-state index < -0.39 is 11.9 Å². The molecule has 0 aliphatic rings. The molecule has 0 fully saturated rings. The molecule has 2 heterocycles. The highest BCUT2D eigenvalue weighted by molar-refractivity contribution is 7.15. The molecular formula is C32H27NO7S. The van der Waals surface area contributed by atoms with Gasteiger partial charge in [-0.2, -0.15) is 0 Å². The fraction of sp³-hybridized carbons (Fsp3) is 0.156. The molecule has 1 amide bonds. The maximum Gasteiger partial charge on any atom is 0.341 e. The summed E-state index contributed by atoms with van der Waals surface area (Å²) < 4.78 is 22.3. The number of hydrogen-bond acceptors (Lipinski definition) is 8. The van der Waals surface area contributed by atoms with Gasteiger partial charge in [0.05, 0.1) is 12.0 Å². The Labute approximate surface area is 240 Å². The van der Waals surface area contributed by atoms with Crippen LogP contribution in [0.3, 0.4) is 0 Å². The number of ether oxygens (including phenoxy) is 3. The van der Waals surface area contributed by atoms with Crippen molar-refractivity contribution in [1.82, 2.24) is 0 Å². The Hall–Kier alpha value is -4.89. The number of nitrogens with one attached hydrogen (secondary N) is 1. The van der Waals surface area contributed by atoms with Crippen molar-refractivity contribution in [2.75, 3.05) is 18.5 Å². The third-order valence-electron chi connectivity index (χ3n) is 6.25. The Balaban J connectivity index is 1.27. The zero-order valence-electron chi connectivity index (χ0n) is 22.5. The van der Waals surface area contributed by atoms with Gasteiger partial charge in [-0.25, -0.2) is 4.79 Å². The number of anilines is 1. The number of benzene rings is 3. The van der Waals surface area contributed by atoms with Crippen LogP contribution >= 0.6 is 11.3 Å². The topological polar surface area (TPSA) is 104 Å². The number of hydrogen-bond donors (Lipinski definition) is 1. The predicted octanol–water partition coefficient (Wildman–Crippen LogP) is 7.07. The van der Waals surface area contributed by atoms with Crippen LogP contribution in [0.5, 0.6) is 17.2 Å². The van der Waals surface area contributed by atoms with E-state index in [1.54, 1.807) is 31.2 Å². The van der Waals surface area contributed by atoms with E-state index in [4.69, 9.17) is 18.6 Å². The third-order valence-corrected chi connectivity index (χ3v) is 7.15. The van der Waals surface area contributed by atoms with Crippen LogP contribution in [0.25, 0.3) is 22.1 Å². The van der Waals surface area contributed by atoms with Crippen LogP contribution in [0.2, 0.25) is 0 Å². The molecule has 0 bridgehead atoms. The SMILES string of the molecule is CCOC(=O)c1c(-c2ccccc2)csc1NC(=O)COc1ccc2c(=O)c(Oc3ccc(CC)cc3)coc2c1. The van der Waals surface area contributed by atoms with E-state index in [2.05, 4.69) is 12.2 Å². The van der Waals surface area contributed by atoms with Crippen LogP contribution in [-0.4, -0.2) is 25.1 Å². The summed E-state index contributed by atoms with van der Waals surface area (Å²) in [5.41, 5.74) is 2.94. The zero-order valence-corrected chi connectivity index (χ0v) is 23.3. The van der Waals surface area contributed by atoms with Crippen molar-refractivity contribution in [2.24, 2.45) is 0 Å². The summed E-state index contributed by atoms with van der Waals surface area (Å²) in [4.78, 5) is 38.5. The highest BCUT2D eigenvalue weighted by atomic mass is 32.1. The second-order valence-corrected chi connectivity index (χ2v) is 9.84. The highest BCUT2D eigenvalue weighted by Crippen LogP contribution is 2.36. The average Bonchev–Trinajstić information content (AvgIpc) is 3.42. The minimum absolute atomic E-state index is 0.0676. The quantitative estimate of drug-likeness (QED) is 0.179. The number of aryl methyl sites for hydroxylation is 1. The first-order valence-corrected chi connectivity index (χ1v) is 13.9. The van der Waals surface area contributed by atoms with Gasteiger partial charge in [-0.05, 0) is 48.7 Å². The second-order valence-electron chi connectivity index (χ2n) is 8.96. The number of thiophene rings is 1. The van der Waals surface area contributed by atoms with E-state index in [1.165, 1.54) is 23.7 Å². The van der Waals surface area contributed by atoms with Crippen molar-refractivity contribution < 1.29 is 28.2 Å². The van der Waals surface area contributed by atoms with Crippen LogP contribution in [0.15, 0.2) is 93.7 Å². The van der Waals surface area contributed by atoms with Crippen LogP contribution < -0.4 is 20.2 Å². The van der Waals surface area contributed by atoms with Gasteiger partial charge in [0, 0.05) is 17.0 Å². The lowest BCUT2D eigenvalue weighted by molar-refractivity contribution is -0.118. The summed E-state index contributed by atoms with van der Waals surface area (Å²) in [6.45, 7) is 3.66. The van der Waals surface area contributed by atoms with E-state index in [-0.39, 0.29) is 30.0 Å². The first kappa shape index (κ1) is 27.7. The van der Waals surface area contributed by atoms with Crippen molar-refractivity contribution >= 4 is 39.2 Å². The van der Waals surface area contributed by atoms with Gasteiger partial charge in [-0.1, -0.05) is 49.4 Å². The molecule has 0 atom stereocenters. The molecule has 0 unspecified atom stereocenters. The van der Waals surface area contributed by atoms with Gasteiger partial charge < -0.3 is 23.9 Å². The number of carbonyl (C=O) groups is 2. The zero-order chi connectivity index (χ0) is 28.8. The minimum Gasteiger partial charge on any atom is -0.484 e. The normalized spacial score (nSPS) is 10.8. The molecule has 0 saturated heterocycles. The summed E-state index contributed by atoms with van der Waals surface area (Å²) in [7, 11) is 0. The van der Waals surface area contributed by atoms with Crippen molar-refractivity contribution in [3.05, 3.63) is 106 Å². The predicted molar refractivity (Wildman–Crippen MR) is 158 cm³/mol. The molecule has 0 aliphatic heterocycles. The molecule has 5 aromatic rings. The van der Waals surface area contributed by atoms with E-state index >= 15 is 0 Å². The Morgan fingerprint density at radius 2 is 1.71 bits per heavy atom. The van der Waals surface area contributed by atoms with E-state index in [0.29, 0.717) is 33.0 Å². The van der Waals surface area contributed by atoms with Gasteiger partial charge in [-0.15, -0.1) is 11.3 Å². The number of carbonyl (C=O) groups excluding carboxylic acids is 2. The third kappa shape index (κ3) is 6.31. The second kappa shape index (κ2) is 12.5. The molecule has 41 heavy (non-hydrogen) atoms. The maximum atomic E-state index is 12.9. The molecule has 0 radical (unpaired) electrons. The Bertz CT molecular complexity index is 1740.